The Balaban J connectivity index is 2.88. The molecule has 0 aromatic carbocycles. The number of rotatable bonds is 4. The second-order valence-electron chi connectivity index (χ2n) is 2.59. The van der Waals surface area contributed by atoms with E-state index in [-0.39, 0.29) is 23.3 Å². The van der Waals surface area contributed by atoms with Gasteiger partial charge in [-0.2, -0.15) is 0 Å². The molecule has 0 bridgehead atoms. The van der Waals surface area contributed by atoms with Gasteiger partial charge in [0.05, 0.1) is 6.54 Å². The van der Waals surface area contributed by atoms with Gasteiger partial charge >= 0.3 is 0 Å². The van der Waals surface area contributed by atoms with Gasteiger partial charge < -0.3 is 16.8 Å². The lowest BCUT2D eigenvalue weighted by atomic mass is 10.4. The van der Waals surface area contributed by atoms with Crippen molar-refractivity contribution in [3.63, 3.8) is 0 Å². The average molecular weight is 230 g/mol. The van der Waals surface area contributed by atoms with Gasteiger partial charge in [0, 0.05) is 6.07 Å². The molecule has 0 saturated heterocycles. The molecule has 80 valence electrons. The number of carbonyl (C=O) groups is 2. The van der Waals surface area contributed by atoms with Crippen molar-refractivity contribution < 1.29 is 9.59 Å². The van der Waals surface area contributed by atoms with E-state index in [0.717, 1.165) is 0 Å². The van der Waals surface area contributed by atoms with Crippen LogP contribution in [0.3, 0.4) is 0 Å². The van der Waals surface area contributed by atoms with Gasteiger partial charge in [0.2, 0.25) is 11.2 Å². The van der Waals surface area contributed by atoms with Crippen molar-refractivity contribution >= 4 is 29.2 Å². The second kappa shape index (κ2) is 4.56. The van der Waals surface area contributed by atoms with Crippen LogP contribution in [0, 0.1) is 0 Å². The zero-order valence-electron chi connectivity index (χ0n) is 7.53. The molecule has 1 heterocycles. The van der Waals surface area contributed by atoms with Gasteiger partial charge in [-0.25, -0.2) is 9.97 Å². The van der Waals surface area contributed by atoms with Crippen molar-refractivity contribution in [2.75, 3.05) is 11.9 Å². The van der Waals surface area contributed by atoms with Gasteiger partial charge in [-0.15, -0.1) is 0 Å². The smallest absolute Gasteiger partial charge is 0.267 e. The molecule has 1 rings (SSSR count). The van der Waals surface area contributed by atoms with Crippen LogP contribution in [0.25, 0.3) is 0 Å². The van der Waals surface area contributed by atoms with Crippen molar-refractivity contribution in [2.24, 2.45) is 11.5 Å². The van der Waals surface area contributed by atoms with Crippen molar-refractivity contribution in [3.8, 4) is 0 Å². The SMILES string of the molecule is NC(=O)CNc1cc(C(N)=O)nc(Cl)n1. The number of hydrogen-bond donors (Lipinski definition) is 3. The largest absolute Gasteiger partial charge is 0.368 e. The first kappa shape index (κ1) is 11.2. The van der Waals surface area contributed by atoms with E-state index < -0.39 is 11.8 Å². The first-order valence-corrected chi connectivity index (χ1v) is 4.23. The van der Waals surface area contributed by atoms with Crippen LogP contribution in [0.4, 0.5) is 5.82 Å². The number of nitrogens with zero attached hydrogens (tertiary/aromatic N) is 2. The maximum Gasteiger partial charge on any atom is 0.267 e. The van der Waals surface area contributed by atoms with Crippen LogP contribution in [0.5, 0.6) is 0 Å². The normalized spacial score (nSPS) is 9.67. The summed E-state index contributed by atoms with van der Waals surface area (Å²) in [6.07, 6.45) is 0. The number of aromatic nitrogens is 2. The quantitative estimate of drug-likeness (QED) is 0.579. The average Bonchev–Trinajstić information content (AvgIpc) is 2.13. The summed E-state index contributed by atoms with van der Waals surface area (Å²) < 4.78 is 0. The molecule has 2 amide bonds. The summed E-state index contributed by atoms with van der Waals surface area (Å²) in [6.45, 7) is -0.119. The fourth-order valence-corrected chi connectivity index (χ4v) is 0.994. The molecule has 0 fully saturated rings. The summed E-state index contributed by atoms with van der Waals surface area (Å²) in [6, 6.07) is 1.27. The van der Waals surface area contributed by atoms with Crippen LogP contribution >= 0.6 is 11.6 Å². The molecule has 1 aromatic rings. The topological polar surface area (TPSA) is 124 Å². The molecule has 0 aliphatic carbocycles. The van der Waals surface area contributed by atoms with Crippen molar-refractivity contribution in [3.05, 3.63) is 17.0 Å². The molecular formula is C7H8ClN5O2. The highest BCUT2D eigenvalue weighted by Crippen LogP contribution is 2.09. The summed E-state index contributed by atoms with van der Waals surface area (Å²) in [5.74, 6) is -1.09. The van der Waals surface area contributed by atoms with Crippen LogP contribution in [-0.2, 0) is 4.79 Å². The molecule has 0 unspecified atom stereocenters. The van der Waals surface area contributed by atoms with E-state index in [9.17, 15) is 9.59 Å². The second-order valence-corrected chi connectivity index (χ2v) is 2.93. The fourth-order valence-electron chi connectivity index (χ4n) is 0.812. The molecule has 0 aliphatic heterocycles. The van der Waals surface area contributed by atoms with E-state index in [4.69, 9.17) is 23.1 Å². The lowest BCUT2D eigenvalue weighted by Crippen LogP contribution is -2.23. The zero-order valence-corrected chi connectivity index (χ0v) is 8.28. The Kier molecular flexibility index (Phi) is 3.40. The standard InChI is InChI=1S/C7H8ClN5O2/c8-7-12-3(6(10)15)1-5(13-7)11-2-4(9)14/h1H,2H2,(H2,9,14)(H2,10,15)(H,11,12,13). The Morgan fingerprint density at radius 2 is 2.07 bits per heavy atom. The van der Waals surface area contributed by atoms with Crippen molar-refractivity contribution in [1.29, 1.82) is 0 Å². The van der Waals surface area contributed by atoms with Crippen LogP contribution in [0.2, 0.25) is 5.28 Å². The molecule has 0 spiro atoms. The Morgan fingerprint density at radius 3 is 2.60 bits per heavy atom. The summed E-state index contributed by atoms with van der Waals surface area (Å²) >= 11 is 5.52. The lowest BCUT2D eigenvalue weighted by Gasteiger charge is -2.04. The predicted octanol–water partition coefficient (Wildman–Crippen LogP) is -0.874. The van der Waals surface area contributed by atoms with E-state index in [1.165, 1.54) is 6.07 Å². The number of carbonyl (C=O) groups excluding carboxylic acids is 2. The van der Waals surface area contributed by atoms with Crippen LogP contribution < -0.4 is 16.8 Å². The minimum atomic E-state index is -0.735. The van der Waals surface area contributed by atoms with Crippen LogP contribution in [-0.4, -0.2) is 28.3 Å². The number of primary amides is 2. The van der Waals surface area contributed by atoms with E-state index >= 15 is 0 Å². The molecule has 0 atom stereocenters. The summed E-state index contributed by atoms with van der Waals surface area (Å²) in [4.78, 5) is 28.6. The maximum atomic E-state index is 10.8. The fraction of sp³-hybridized carbons (Fsp3) is 0.143. The molecule has 8 heteroatoms. The van der Waals surface area contributed by atoms with E-state index in [2.05, 4.69) is 15.3 Å². The lowest BCUT2D eigenvalue weighted by molar-refractivity contribution is -0.116. The Morgan fingerprint density at radius 1 is 1.40 bits per heavy atom. The van der Waals surface area contributed by atoms with Gasteiger partial charge in [-0.3, -0.25) is 9.59 Å². The summed E-state index contributed by atoms with van der Waals surface area (Å²) in [5.41, 5.74) is 9.87. The number of nitrogens with one attached hydrogen (secondary N) is 1. The molecule has 5 N–H and O–H groups in total. The van der Waals surface area contributed by atoms with Crippen LogP contribution in [0.15, 0.2) is 6.07 Å². The minimum Gasteiger partial charge on any atom is -0.368 e. The van der Waals surface area contributed by atoms with E-state index in [1.807, 2.05) is 0 Å². The van der Waals surface area contributed by atoms with E-state index in [0.29, 0.717) is 0 Å². The highest BCUT2D eigenvalue weighted by atomic mass is 35.5. The number of anilines is 1. The molecule has 0 saturated carbocycles. The third-order valence-electron chi connectivity index (χ3n) is 1.40. The van der Waals surface area contributed by atoms with Crippen molar-refractivity contribution in [2.45, 2.75) is 0 Å². The number of nitrogens with two attached hydrogens (primary N) is 2. The molecule has 15 heavy (non-hydrogen) atoms. The molecule has 0 aliphatic rings. The van der Waals surface area contributed by atoms with Gasteiger partial charge in [0.25, 0.3) is 5.91 Å². The van der Waals surface area contributed by atoms with Gasteiger partial charge in [0.1, 0.15) is 11.5 Å². The first-order valence-electron chi connectivity index (χ1n) is 3.85. The van der Waals surface area contributed by atoms with Crippen LogP contribution in [0.1, 0.15) is 10.5 Å². The minimum absolute atomic E-state index is 0.0398. The molecular weight excluding hydrogens is 222 g/mol. The monoisotopic (exact) mass is 229 g/mol. The van der Waals surface area contributed by atoms with Crippen molar-refractivity contribution in [1.82, 2.24) is 9.97 Å². The Hall–Kier alpha value is -1.89. The highest BCUT2D eigenvalue weighted by molar-refractivity contribution is 6.28. The third-order valence-corrected chi connectivity index (χ3v) is 1.56. The number of amides is 2. The van der Waals surface area contributed by atoms with Gasteiger partial charge in [-0.05, 0) is 11.6 Å². The number of hydrogen-bond acceptors (Lipinski definition) is 5. The predicted molar refractivity (Wildman–Crippen MR) is 53.2 cm³/mol. The maximum absolute atomic E-state index is 10.8. The molecule has 0 radical (unpaired) electrons. The van der Waals surface area contributed by atoms with Gasteiger partial charge in [0.15, 0.2) is 0 Å². The molecule has 1 aromatic heterocycles. The third kappa shape index (κ3) is 3.39. The Labute approximate surface area is 89.8 Å². The summed E-state index contributed by atoms with van der Waals surface area (Å²) in [7, 11) is 0. The first-order chi connectivity index (χ1) is 6.99. The highest BCUT2D eigenvalue weighted by Gasteiger charge is 2.07. The summed E-state index contributed by atoms with van der Waals surface area (Å²) in [5, 5.41) is 2.42. The van der Waals surface area contributed by atoms with Gasteiger partial charge in [-0.1, -0.05) is 0 Å². The number of halogens is 1. The zero-order chi connectivity index (χ0) is 11.4. The Bertz CT molecular complexity index is 408. The molecule has 7 nitrogen and oxygen atoms in total. The van der Waals surface area contributed by atoms with E-state index in [1.54, 1.807) is 0 Å².